The summed E-state index contributed by atoms with van der Waals surface area (Å²) in [6, 6.07) is 23.7. The molecule has 2 amide bonds. The molecule has 242 valence electrons. The SMILES string of the molecule is CNC(=O)c1c(-c2ccc(F)cc2)oc2cc(NS(=O)(=O)CCCO)c(-c3cc(C(=O)NC4(c5ccccc5)CC4)ccc3C)cc12. The van der Waals surface area contributed by atoms with E-state index in [4.69, 9.17) is 4.42 Å². The van der Waals surface area contributed by atoms with Crippen molar-refractivity contribution in [1.82, 2.24) is 10.6 Å². The largest absolute Gasteiger partial charge is 0.455 e. The molecule has 1 saturated carbocycles. The second kappa shape index (κ2) is 12.7. The number of nitrogens with one attached hydrogen (secondary N) is 3. The Kier molecular flexibility index (Phi) is 8.61. The predicted molar refractivity (Wildman–Crippen MR) is 179 cm³/mol. The summed E-state index contributed by atoms with van der Waals surface area (Å²) in [4.78, 5) is 26.9. The maximum atomic E-state index is 13.8. The topological polar surface area (TPSA) is 138 Å². The molecule has 11 heteroatoms. The number of aliphatic hydroxyl groups excluding tert-OH is 1. The quantitative estimate of drug-likeness (QED) is 0.135. The Morgan fingerprint density at radius 1 is 0.936 bits per heavy atom. The van der Waals surface area contributed by atoms with Crippen molar-refractivity contribution in [3.63, 3.8) is 0 Å². The van der Waals surface area contributed by atoms with Gasteiger partial charge < -0.3 is 20.2 Å². The third kappa shape index (κ3) is 6.49. The number of fused-ring (bicyclic) bond motifs is 1. The fourth-order valence-corrected chi connectivity index (χ4v) is 6.90. The summed E-state index contributed by atoms with van der Waals surface area (Å²) in [5.74, 6) is -1.32. The van der Waals surface area contributed by atoms with Gasteiger partial charge in [0, 0.05) is 41.8 Å². The molecule has 0 unspecified atom stereocenters. The van der Waals surface area contributed by atoms with Crippen LogP contribution in [0.1, 0.15) is 51.1 Å². The molecule has 0 saturated heterocycles. The molecule has 0 radical (unpaired) electrons. The molecular formula is C36H34FN3O6S. The molecule has 1 fully saturated rings. The van der Waals surface area contributed by atoms with Crippen LogP contribution in [0.5, 0.6) is 0 Å². The number of halogens is 1. The lowest BCUT2D eigenvalue weighted by atomic mass is 9.94. The van der Waals surface area contributed by atoms with Crippen molar-refractivity contribution in [2.45, 2.75) is 31.7 Å². The maximum Gasteiger partial charge on any atom is 0.255 e. The molecule has 0 atom stereocenters. The first-order valence-electron chi connectivity index (χ1n) is 15.2. The number of aryl methyl sites for hydroxylation is 1. The molecule has 9 nitrogen and oxygen atoms in total. The van der Waals surface area contributed by atoms with Crippen LogP contribution < -0.4 is 15.4 Å². The average molecular weight is 656 g/mol. The standard InChI is InChI=1S/C36H34FN3O6S/c1-22-9-10-24(34(42)39-36(15-16-36)25-7-4-3-5-8-25)19-27(22)28-20-29-31(21-30(28)40-47(44,45)18-6-17-41)46-33(32(29)35(43)38-2)23-11-13-26(37)14-12-23/h3-5,7-14,19-21,40-41H,6,15-18H2,1-2H3,(H,38,43)(H,39,42). The number of hydrogen-bond donors (Lipinski definition) is 4. The Morgan fingerprint density at radius 2 is 1.66 bits per heavy atom. The van der Waals surface area contributed by atoms with Crippen LogP contribution in [0.15, 0.2) is 89.3 Å². The summed E-state index contributed by atoms with van der Waals surface area (Å²) in [7, 11) is -2.43. The van der Waals surface area contributed by atoms with E-state index in [1.54, 1.807) is 24.3 Å². The lowest BCUT2D eigenvalue weighted by Crippen LogP contribution is -2.34. The van der Waals surface area contributed by atoms with Crippen LogP contribution in [0.2, 0.25) is 0 Å². The van der Waals surface area contributed by atoms with E-state index in [0.717, 1.165) is 24.0 Å². The summed E-state index contributed by atoms with van der Waals surface area (Å²) in [6.45, 7) is 1.54. The number of amides is 2. The zero-order valence-corrected chi connectivity index (χ0v) is 26.7. The summed E-state index contributed by atoms with van der Waals surface area (Å²) in [6.07, 6.45) is 1.66. The van der Waals surface area contributed by atoms with Gasteiger partial charge in [0.25, 0.3) is 11.8 Å². The van der Waals surface area contributed by atoms with Gasteiger partial charge in [0.2, 0.25) is 10.0 Å². The fraction of sp³-hybridized carbons (Fsp3) is 0.222. The Hall–Kier alpha value is -5.00. The number of benzene rings is 4. The maximum absolute atomic E-state index is 13.8. The first-order valence-corrected chi connectivity index (χ1v) is 16.9. The van der Waals surface area contributed by atoms with Crippen LogP contribution in [0.25, 0.3) is 33.4 Å². The number of sulfonamides is 1. The van der Waals surface area contributed by atoms with Gasteiger partial charge in [-0.3, -0.25) is 14.3 Å². The third-order valence-electron chi connectivity index (χ3n) is 8.44. The first kappa shape index (κ1) is 32.0. The number of hydrogen-bond acceptors (Lipinski definition) is 6. The van der Waals surface area contributed by atoms with E-state index < -0.39 is 27.3 Å². The highest BCUT2D eigenvalue weighted by Crippen LogP contribution is 2.46. The normalized spacial score (nSPS) is 13.7. The summed E-state index contributed by atoms with van der Waals surface area (Å²) in [5, 5.41) is 15.5. The molecule has 1 aromatic heterocycles. The van der Waals surface area contributed by atoms with Crippen molar-refractivity contribution in [3.8, 4) is 22.5 Å². The Bertz CT molecular complexity index is 2090. The zero-order chi connectivity index (χ0) is 33.3. The smallest absolute Gasteiger partial charge is 0.255 e. The van der Waals surface area contributed by atoms with Gasteiger partial charge in [-0.25, -0.2) is 12.8 Å². The van der Waals surface area contributed by atoms with Crippen LogP contribution >= 0.6 is 0 Å². The third-order valence-corrected chi connectivity index (χ3v) is 9.80. The molecule has 4 N–H and O–H groups in total. The van der Waals surface area contributed by atoms with E-state index in [1.165, 1.54) is 37.4 Å². The van der Waals surface area contributed by atoms with Gasteiger partial charge in [-0.05, 0) is 85.3 Å². The fourth-order valence-electron chi connectivity index (χ4n) is 5.79. The van der Waals surface area contributed by atoms with Crippen LogP contribution in [-0.2, 0) is 15.6 Å². The number of furan rings is 1. The number of rotatable bonds is 11. The van der Waals surface area contributed by atoms with Gasteiger partial charge >= 0.3 is 0 Å². The minimum absolute atomic E-state index is 0.0288. The van der Waals surface area contributed by atoms with Crippen LogP contribution in [0, 0.1) is 12.7 Å². The molecule has 6 rings (SSSR count). The molecule has 47 heavy (non-hydrogen) atoms. The van der Waals surface area contributed by atoms with Gasteiger partial charge in [0.05, 0.1) is 22.5 Å². The minimum atomic E-state index is -3.91. The van der Waals surface area contributed by atoms with Gasteiger partial charge in [0.1, 0.15) is 17.2 Å². The Morgan fingerprint density at radius 3 is 2.32 bits per heavy atom. The highest BCUT2D eigenvalue weighted by molar-refractivity contribution is 7.92. The van der Waals surface area contributed by atoms with Gasteiger partial charge in [-0.1, -0.05) is 36.4 Å². The summed E-state index contributed by atoms with van der Waals surface area (Å²) in [5.41, 5.74) is 3.74. The summed E-state index contributed by atoms with van der Waals surface area (Å²) >= 11 is 0. The molecular weight excluding hydrogens is 621 g/mol. The predicted octanol–water partition coefficient (Wildman–Crippen LogP) is 6.12. The number of aliphatic hydroxyl groups is 1. The van der Waals surface area contributed by atoms with E-state index in [-0.39, 0.29) is 47.3 Å². The van der Waals surface area contributed by atoms with E-state index in [0.29, 0.717) is 27.6 Å². The molecule has 5 aromatic rings. The van der Waals surface area contributed by atoms with Crippen LogP contribution in [0.4, 0.5) is 10.1 Å². The minimum Gasteiger partial charge on any atom is -0.455 e. The van der Waals surface area contributed by atoms with Crippen molar-refractivity contribution >= 4 is 38.5 Å². The zero-order valence-electron chi connectivity index (χ0n) is 25.9. The Balaban J connectivity index is 1.50. The molecule has 0 bridgehead atoms. The molecule has 1 aliphatic carbocycles. The second-order valence-corrected chi connectivity index (χ2v) is 13.6. The molecule has 1 aliphatic rings. The van der Waals surface area contributed by atoms with Crippen molar-refractivity contribution in [2.75, 3.05) is 24.1 Å². The number of anilines is 1. The summed E-state index contributed by atoms with van der Waals surface area (Å²) < 4.78 is 48.7. The van der Waals surface area contributed by atoms with Gasteiger partial charge in [0.15, 0.2) is 0 Å². The molecule has 1 heterocycles. The van der Waals surface area contributed by atoms with E-state index in [1.807, 2.05) is 37.3 Å². The van der Waals surface area contributed by atoms with Crippen molar-refractivity contribution in [1.29, 1.82) is 0 Å². The van der Waals surface area contributed by atoms with Crippen molar-refractivity contribution in [3.05, 3.63) is 113 Å². The lowest BCUT2D eigenvalue weighted by molar-refractivity contribution is 0.0929. The van der Waals surface area contributed by atoms with E-state index in [2.05, 4.69) is 15.4 Å². The van der Waals surface area contributed by atoms with Crippen molar-refractivity contribution < 1.29 is 31.9 Å². The van der Waals surface area contributed by atoms with Crippen LogP contribution in [0.3, 0.4) is 0 Å². The first-order chi connectivity index (χ1) is 22.5. The second-order valence-electron chi connectivity index (χ2n) is 11.7. The van der Waals surface area contributed by atoms with E-state index >= 15 is 0 Å². The highest BCUT2D eigenvalue weighted by atomic mass is 32.2. The van der Waals surface area contributed by atoms with Gasteiger partial charge in [-0.15, -0.1) is 0 Å². The number of carbonyl (C=O) groups excluding carboxylic acids is 2. The van der Waals surface area contributed by atoms with E-state index in [9.17, 15) is 27.5 Å². The lowest BCUT2D eigenvalue weighted by Gasteiger charge is -2.19. The monoisotopic (exact) mass is 655 g/mol. The average Bonchev–Trinajstić information content (AvgIpc) is 3.76. The number of carbonyl (C=O) groups is 2. The highest BCUT2D eigenvalue weighted by Gasteiger charge is 2.45. The molecule has 0 aliphatic heterocycles. The van der Waals surface area contributed by atoms with Crippen LogP contribution in [-0.4, -0.2) is 44.7 Å². The molecule has 0 spiro atoms. The van der Waals surface area contributed by atoms with Gasteiger partial charge in [-0.2, -0.15) is 0 Å². The van der Waals surface area contributed by atoms with Crippen molar-refractivity contribution in [2.24, 2.45) is 0 Å². The molecule has 4 aromatic carbocycles. The Labute approximate surface area is 271 Å².